The molecule has 1 aromatic carbocycles. The van der Waals surface area contributed by atoms with Crippen molar-refractivity contribution < 1.29 is 9.90 Å². The molecule has 0 atom stereocenters. The number of carbonyl (C=O) groups is 1. The summed E-state index contributed by atoms with van der Waals surface area (Å²) >= 11 is 0. The van der Waals surface area contributed by atoms with Gasteiger partial charge in [0.05, 0.1) is 6.10 Å². The van der Waals surface area contributed by atoms with E-state index in [1.807, 2.05) is 29.2 Å². The van der Waals surface area contributed by atoms with E-state index in [1.165, 1.54) is 0 Å². The topological polar surface area (TPSA) is 40.5 Å². The Balaban J connectivity index is 1.78. The summed E-state index contributed by atoms with van der Waals surface area (Å²) < 4.78 is 0. The van der Waals surface area contributed by atoms with Crippen molar-refractivity contribution in [3.05, 3.63) is 35.4 Å². The molecule has 3 heteroatoms. The number of hydrogen-bond acceptors (Lipinski definition) is 2. The van der Waals surface area contributed by atoms with Gasteiger partial charge in [0.15, 0.2) is 0 Å². The molecule has 90 valence electrons. The minimum absolute atomic E-state index is 0.161. The van der Waals surface area contributed by atoms with Crippen molar-refractivity contribution >= 4 is 5.91 Å². The first-order valence-corrected chi connectivity index (χ1v) is 6.32. The Labute approximate surface area is 101 Å². The molecule has 1 aliphatic heterocycles. The third kappa shape index (κ3) is 1.84. The van der Waals surface area contributed by atoms with Crippen LogP contribution in [-0.4, -0.2) is 28.1 Å². The molecule has 3 rings (SSSR count). The van der Waals surface area contributed by atoms with E-state index < -0.39 is 0 Å². The Kier molecular flexibility index (Phi) is 2.63. The Hall–Kier alpha value is -1.35. The third-order valence-electron chi connectivity index (χ3n) is 3.96. The van der Waals surface area contributed by atoms with Crippen molar-refractivity contribution in [3.8, 4) is 0 Å². The van der Waals surface area contributed by atoms with Gasteiger partial charge in [-0.1, -0.05) is 18.2 Å². The van der Waals surface area contributed by atoms with Crippen LogP contribution in [-0.2, 0) is 6.54 Å². The highest BCUT2D eigenvalue weighted by molar-refractivity contribution is 5.98. The maximum absolute atomic E-state index is 12.2. The zero-order valence-corrected chi connectivity index (χ0v) is 9.80. The Morgan fingerprint density at radius 3 is 2.53 bits per heavy atom. The van der Waals surface area contributed by atoms with Crippen LogP contribution in [0.2, 0.25) is 0 Å². The van der Waals surface area contributed by atoms with Crippen LogP contribution in [0.15, 0.2) is 24.3 Å². The zero-order valence-electron chi connectivity index (χ0n) is 9.80. The van der Waals surface area contributed by atoms with Crippen LogP contribution >= 0.6 is 0 Å². The summed E-state index contributed by atoms with van der Waals surface area (Å²) in [7, 11) is 0. The Bertz CT molecular complexity index is 436. The predicted octanol–water partition coefficient (Wildman–Crippen LogP) is 1.95. The van der Waals surface area contributed by atoms with Crippen molar-refractivity contribution in [3.63, 3.8) is 0 Å². The van der Waals surface area contributed by atoms with Crippen LogP contribution in [0.25, 0.3) is 0 Å². The third-order valence-corrected chi connectivity index (χ3v) is 3.96. The molecule has 0 aromatic heterocycles. The van der Waals surface area contributed by atoms with Crippen molar-refractivity contribution in [2.45, 2.75) is 44.4 Å². The lowest BCUT2D eigenvalue weighted by Gasteiger charge is -2.32. The molecule has 0 unspecified atom stereocenters. The second kappa shape index (κ2) is 4.15. The van der Waals surface area contributed by atoms with Crippen molar-refractivity contribution in [2.75, 3.05) is 0 Å². The van der Waals surface area contributed by atoms with Crippen LogP contribution in [0.4, 0.5) is 0 Å². The summed E-state index contributed by atoms with van der Waals surface area (Å²) in [6.45, 7) is 0.746. The quantitative estimate of drug-likeness (QED) is 0.802. The minimum Gasteiger partial charge on any atom is -0.393 e. The summed E-state index contributed by atoms with van der Waals surface area (Å²) in [4.78, 5) is 14.2. The minimum atomic E-state index is -0.161. The number of nitrogens with zero attached hydrogens (tertiary/aromatic N) is 1. The van der Waals surface area contributed by atoms with E-state index in [2.05, 4.69) is 0 Å². The first-order valence-electron chi connectivity index (χ1n) is 6.32. The molecule has 17 heavy (non-hydrogen) atoms. The SMILES string of the molecule is O=C1c2ccccc2CN1C1CCC(O)CC1. The molecule has 1 fully saturated rings. The van der Waals surface area contributed by atoms with Gasteiger partial charge < -0.3 is 10.0 Å². The van der Waals surface area contributed by atoms with E-state index >= 15 is 0 Å². The molecule has 1 amide bonds. The van der Waals surface area contributed by atoms with E-state index in [0.717, 1.165) is 43.4 Å². The largest absolute Gasteiger partial charge is 0.393 e. The van der Waals surface area contributed by atoms with Crippen molar-refractivity contribution in [2.24, 2.45) is 0 Å². The van der Waals surface area contributed by atoms with Crippen molar-refractivity contribution in [1.82, 2.24) is 4.90 Å². The number of benzene rings is 1. The molecular formula is C14H17NO2. The summed E-state index contributed by atoms with van der Waals surface area (Å²) in [5.74, 6) is 0.169. The van der Waals surface area contributed by atoms with Gasteiger partial charge in [-0.25, -0.2) is 0 Å². The fraction of sp³-hybridized carbons (Fsp3) is 0.500. The lowest BCUT2D eigenvalue weighted by Crippen LogP contribution is -2.39. The number of amides is 1. The normalized spacial score (nSPS) is 28.3. The van der Waals surface area contributed by atoms with Gasteiger partial charge in [0, 0.05) is 18.2 Å². The van der Waals surface area contributed by atoms with Gasteiger partial charge in [0.2, 0.25) is 0 Å². The van der Waals surface area contributed by atoms with Gasteiger partial charge in [-0.15, -0.1) is 0 Å². The van der Waals surface area contributed by atoms with Gasteiger partial charge in [-0.05, 0) is 37.3 Å². The van der Waals surface area contributed by atoms with E-state index in [9.17, 15) is 9.90 Å². The van der Waals surface area contributed by atoms with Crippen molar-refractivity contribution in [1.29, 1.82) is 0 Å². The molecule has 3 nitrogen and oxygen atoms in total. The highest BCUT2D eigenvalue weighted by atomic mass is 16.3. The van der Waals surface area contributed by atoms with E-state index in [4.69, 9.17) is 0 Å². The molecule has 1 N–H and O–H groups in total. The molecule has 1 heterocycles. The van der Waals surface area contributed by atoms with Gasteiger partial charge in [0.25, 0.3) is 5.91 Å². The fourth-order valence-electron chi connectivity index (χ4n) is 2.94. The number of aliphatic hydroxyl groups excluding tert-OH is 1. The first-order chi connectivity index (χ1) is 8.25. The zero-order chi connectivity index (χ0) is 11.8. The van der Waals surface area contributed by atoms with E-state index in [-0.39, 0.29) is 12.0 Å². The lowest BCUT2D eigenvalue weighted by atomic mass is 9.92. The van der Waals surface area contributed by atoms with E-state index in [0.29, 0.717) is 6.04 Å². The van der Waals surface area contributed by atoms with Gasteiger partial charge in [0.1, 0.15) is 0 Å². The molecule has 2 aliphatic rings. The second-order valence-corrected chi connectivity index (χ2v) is 5.05. The van der Waals surface area contributed by atoms with Gasteiger partial charge in [-0.2, -0.15) is 0 Å². The average Bonchev–Trinajstić information content (AvgIpc) is 2.69. The maximum atomic E-state index is 12.2. The number of carbonyl (C=O) groups excluding carboxylic acids is 1. The summed E-state index contributed by atoms with van der Waals surface area (Å²) in [6.07, 6.45) is 3.35. The summed E-state index contributed by atoms with van der Waals surface area (Å²) in [5, 5.41) is 9.51. The Morgan fingerprint density at radius 1 is 1.12 bits per heavy atom. The predicted molar refractivity (Wildman–Crippen MR) is 64.6 cm³/mol. The Morgan fingerprint density at radius 2 is 1.82 bits per heavy atom. The van der Waals surface area contributed by atoms with Crippen LogP contribution in [0.3, 0.4) is 0 Å². The van der Waals surface area contributed by atoms with Gasteiger partial charge >= 0.3 is 0 Å². The standard InChI is InChI=1S/C14H17NO2/c16-12-7-5-11(6-8-12)15-9-10-3-1-2-4-13(10)14(15)17/h1-4,11-12,16H,5-9H2. The molecule has 1 aliphatic carbocycles. The van der Waals surface area contributed by atoms with Crippen LogP contribution in [0.5, 0.6) is 0 Å². The average molecular weight is 231 g/mol. The molecule has 0 bridgehead atoms. The molecule has 0 spiro atoms. The van der Waals surface area contributed by atoms with Crippen LogP contribution in [0, 0.1) is 0 Å². The van der Waals surface area contributed by atoms with Gasteiger partial charge in [-0.3, -0.25) is 4.79 Å². The lowest BCUT2D eigenvalue weighted by molar-refractivity contribution is 0.0519. The molecule has 1 aromatic rings. The van der Waals surface area contributed by atoms with E-state index in [1.54, 1.807) is 0 Å². The number of hydrogen-bond donors (Lipinski definition) is 1. The first kappa shape index (κ1) is 10.8. The van der Waals surface area contributed by atoms with Crippen LogP contribution < -0.4 is 0 Å². The number of fused-ring (bicyclic) bond motifs is 1. The smallest absolute Gasteiger partial charge is 0.254 e. The highest BCUT2D eigenvalue weighted by Crippen LogP contribution is 2.30. The molecular weight excluding hydrogens is 214 g/mol. The highest BCUT2D eigenvalue weighted by Gasteiger charge is 2.34. The maximum Gasteiger partial charge on any atom is 0.254 e. The monoisotopic (exact) mass is 231 g/mol. The summed E-state index contributed by atoms with van der Waals surface area (Å²) in [5.41, 5.74) is 2.00. The molecule has 1 saturated carbocycles. The molecule has 0 radical (unpaired) electrons. The number of rotatable bonds is 1. The van der Waals surface area contributed by atoms with Crippen LogP contribution in [0.1, 0.15) is 41.6 Å². The number of aliphatic hydroxyl groups is 1. The second-order valence-electron chi connectivity index (χ2n) is 5.05. The summed E-state index contributed by atoms with van der Waals surface area (Å²) in [6, 6.07) is 8.17. The molecule has 0 saturated heterocycles. The fourth-order valence-corrected chi connectivity index (χ4v) is 2.94.